The molecule has 0 saturated carbocycles. The molecule has 6 N–H and O–H groups in total. The first-order valence-corrected chi connectivity index (χ1v) is 10.7. The van der Waals surface area contributed by atoms with Gasteiger partial charge in [-0.25, -0.2) is 0 Å². The minimum atomic E-state index is -0.434. The van der Waals surface area contributed by atoms with Crippen molar-refractivity contribution in [3.05, 3.63) is 12.3 Å². The third-order valence-corrected chi connectivity index (χ3v) is 5.27. The Balaban J connectivity index is 4.59. The Morgan fingerprint density at radius 2 is 1.53 bits per heavy atom. The van der Waals surface area contributed by atoms with Gasteiger partial charge in [0.15, 0.2) is 0 Å². The van der Waals surface area contributed by atoms with E-state index in [4.69, 9.17) is 15.2 Å². The van der Waals surface area contributed by atoms with Gasteiger partial charge in [0, 0.05) is 20.1 Å². The van der Waals surface area contributed by atoms with E-state index < -0.39 is 5.54 Å². The summed E-state index contributed by atoms with van der Waals surface area (Å²) in [5.41, 5.74) is 1.14. The van der Waals surface area contributed by atoms with Crippen LogP contribution >= 0.6 is 0 Å². The third kappa shape index (κ3) is 12.9. The fraction of sp³-hybridized carbons (Fsp3) is 0.714. The minimum absolute atomic E-state index is 0.156. The van der Waals surface area contributed by atoms with Crippen LogP contribution in [0.1, 0.15) is 47.0 Å². The Morgan fingerprint density at radius 3 is 2.09 bits per heavy atom. The van der Waals surface area contributed by atoms with E-state index in [0.29, 0.717) is 36.8 Å². The fourth-order valence-corrected chi connectivity index (χ4v) is 2.67. The van der Waals surface area contributed by atoms with E-state index in [2.05, 4.69) is 38.2 Å². The molecule has 11 nitrogen and oxygen atoms in total. The summed E-state index contributed by atoms with van der Waals surface area (Å²) >= 11 is 0. The highest BCUT2D eigenvalue weighted by molar-refractivity contribution is 5.96. The van der Waals surface area contributed by atoms with Gasteiger partial charge in [-0.3, -0.25) is 9.59 Å². The van der Waals surface area contributed by atoms with E-state index in [0.717, 1.165) is 19.3 Å². The first kappa shape index (κ1) is 29.3. The van der Waals surface area contributed by atoms with Crippen LogP contribution in [0.2, 0.25) is 0 Å². The van der Waals surface area contributed by atoms with Crippen LogP contribution in [-0.4, -0.2) is 79.1 Å². The van der Waals surface area contributed by atoms with Crippen molar-refractivity contribution in [2.45, 2.75) is 52.5 Å². The van der Waals surface area contributed by atoms with E-state index >= 15 is 0 Å². The zero-order valence-electron chi connectivity index (χ0n) is 20.0. The molecule has 0 saturated heterocycles. The van der Waals surface area contributed by atoms with Crippen LogP contribution in [0, 0.1) is 5.92 Å². The standard InChI is InChI=1S/C21H40N6O5/c1-15(16(2)26-30)23-10-7-18(9-12-25-21(4,5)17(3)27-31)8-11-24-20(29)14-32-13-19(28)22-6/h18,23,25,30-31H,1,7-14H2,2-6H3,(H,22,28)(H,24,29)/b26-16-,27-17-. The summed E-state index contributed by atoms with van der Waals surface area (Å²) in [5, 5.41) is 36.0. The molecular formula is C21H40N6O5. The summed E-state index contributed by atoms with van der Waals surface area (Å²) in [6.45, 7) is 12.6. The van der Waals surface area contributed by atoms with Crippen molar-refractivity contribution < 1.29 is 24.7 Å². The molecule has 0 aliphatic carbocycles. The summed E-state index contributed by atoms with van der Waals surface area (Å²) in [6, 6.07) is 0. The molecular weight excluding hydrogens is 416 g/mol. The first-order chi connectivity index (χ1) is 15.1. The van der Waals surface area contributed by atoms with E-state index in [1.165, 1.54) is 7.05 Å². The molecule has 1 unspecified atom stereocenters. The lowest BCUT2D eigenvalue weighted by molar-refractivity contribution is -0.130. The second kappa shape index (κ2) is 16.0. The molecule has 0 radical (unpaired) electrons. The monoisotopic (exact) mass is 456 g/mol. The minimum Gasteiger partial charge on any atom is -0.411 e. The number of carbonyl (C=O) groups is 2. The van der Waals surface area contributed by atoms with Crippen molar-refractivity contribution in [2.75, 3.05) is 39.9 Å². The number of oxime groups is 2. The maximum Gasteiger partial charge on any atom is 0.246 e. The van der Waals surface area contributed by atoms with Crippen LogP contribution in [0.15, 0.2) is 22.6 Å². The molecule has 0 aliphatic heterocycles. The highest BCUT2D eigenvalue weighted by atomic mass is 16.5. The summed E-state index contributed by atoms with van der Waals surface area (Å²) in [7, 11) is 1.50. The number of rotatable bonds is 17. The van der Waals surface area contributed by atoms with Gasteiger partial charge >= 0.3 is 0 Å². The molecule has 0 aliphatic rings. The normalized spacial score (nSPS) is 13.4. The predicted molar refractivity (Wildman–Crippen MR) is 124 cm³/mol. The largest absolute Gasteiger partial charge is 0.411 e. The van der Waals surface area contributed by atoms with Crippen molar-refractivity contribution >= 4 is 23.2 Å². The lowest BCUT2D eigenvalue weighted by atomic mass is 9.95. The zero-order chi connectivity index (χ0) is 24.6. The Labute approximate surface area is 190 Å². The molecule has 0 rings (SSSR count). The molecule has 0 aromatic heterocycles. The summed E-state index contributed by atoms with van der Waals surface area (Å²) in [4.78, 5) is 23.0. The summed E-state index contributed by atoms with van der Waals surface area (Å²) < 4.78 is 5.05. The number of hydrogen-bond acceptors (Lipinski definition) is 9. The molecule has 32 heavy (non-hydrogen) atoms. The molecule has 1 atom stereocenters. The number of hydrogen-bond donors (Lipinski definition) is 6. The third-order valence-electron chi connectivity index (χ3n) is 5.27. The lowest BCUT2D eigenvalue weighted by Crippen LogP contribution is -2.46. The van der Waals surface area contributed by atoms with Crippen LogP contribution in [0.25, 0.3) is 0 Å². The van der Waals surface area contributed by atoms with E-state index in [1.807, 2.05) is 13.8 Å². The molecule has 0 fully saturated rings. The van der Waals surface area contributed by atoms with Gasteiger partial charge in [-0.15, -0.1) is 0 Å². The van der Waals surface area contributed by atoms with Crippen LogP contribution < -0.4 is 21.3 Å². The van der Waals surface area contributed by atoms with Gasteiger partial charge in [-0.05, 0) is 59.4 Å². The summed E-state index contributed by atoms with van der Waals surface area (Å²) in [6.07, 6.45) is 2.40. The number of nitrogens with zero attached hydrogens (tertiary/aromatic N) is 2. The fourth-order valence-electron chi connectivity index (χ4n) is 2.67. The van der Waals surface area contributed by atoms with Gasteiger partial charge in [0.05, 0.1) is 22.7 Å². The number of amides is 2. The number of likely N-dealkylation sites (N-methyl/N-ethyl adjacent to an activating group) is 1. The van der Waals surface area contributed by atoms with Crippen molar-refractivity contribution in [2.24, 2.45) is 16.2 Å². The smallest absolute Gasteiger partial charge is 0.246 e. The zero-order valence-corrected chi connectivity index (χ0v) is 20.0. The van der Waals surface area contributed by atoms with E-state index in [9.17, 15) is 9.59 Å². The van der Waals surface area contributed by atoms with Crippen molar-refractivity contribution in [1.82, 2.24) is 21.3 Å². The van der Waals surface area contributed by atoms with Gasteiger partial charge < -0.3 is 36.4 Å². The highest BCUT2D eigenvalue weighted by Crippen LogP contribution is 2.14. The maximum atomic E-state index is 11.9. The number of nitrogens with one attached hydrogen (secondary N) is 4. The van der Waals surface area contributed by atoms with Crippen molar-refractivity contribution in [3.8, 4) is 0 Å². The Hall–Kier alpha value is -2.66. The lowest BCUT2D eigenvalue weighted by Gasteiger charge is -2.27. The molecule has 0 spiro atoms. The van der Waals surface area contributed by atoms with Crippen molar-refractivity contribution in [1.29, 1.82) is 0 Å². The van der Waals surface area contributed by atoms with Crippen molar-refractivity contribution in [3.63, 3.8) is 0 Å². The number of ether oxygens (including phenoxy) is 1. The molecule has 0 bridgehead atoms. The van der Waals surface area contributed by atoms with E-state index in [1.54, 1.807) is 13.8 Å². The van der Waals surface area contributed by atoms with Gasteiger partial charge in [0.1, 0.15) is 13.2 Å². The Bertz CT molecular complexity index is 663. The molecule has 184 valence electrons. The first-order valence-electron chi connectivity index (χ1n) is 10.7. The van der Waals surface area contributed by atoms with Gasteiger partial charge in [0.2, 0.25) is 11.8 Å². The molecule has 0 aromatic carbocycles. The molecule has 11 heteroatoms. The van der Waals surface area contributed by atoms with Crippen LogP contribution in [0.5, 0.6) is 0 Å². The molecule has 0 aromatic rings. The maximum absolute atomic E-state index is 11.9. The average Bonchev–Trinajstić information content (AvgIpc) is 2.76. The number of carbonyl (C=O) groups excluding carboxylic acids is 2. The second-order valence-corrected chi connectivity index (χ2v) is 8.08. The van der Waals surface area contributed by atoms with Gasteiger partial charge in [0.25, 0.3) is 0 Å². The number of allylic oxidation sites excluding steroid dienone is 1. The van der Waals surface area contributed by atoms with Gasteiger partial charge in [-0.1, -0.05) is 16.9 Å². The van der Waals surface area contributed by atoms with Crippen LogP contribution in [-0.2, 0) is 14.3 Å². The highest BCUT2D eigenvalue weighted by Gasteiger charge is 2.21. The van der Waals surface area contributed by atoms with Gasteiger partial charge in [-0.2, -0.15) is 0 Å². The van der Waals surface area contributed by atoms with E-state index in [-0.39, 0.29) is 30.9 Å². The average molecular weight is 457 g/mol. The summed E-state index contributed by atoms with van der Waals surface area (Å²) in [5.74, 6) is -0.281. The van der Waals surface area contributed by atoms with Crippen LogP contribution in [0.4, 0.5) is 0 Å². The second-order valence-electron chi connectivity index (χ2n) is 8.08. The SMILES string of the molecule is C=C(NCCC(CCNC(=O)COCC(=O)NC)CCNC(C)(C)/C(C)=N\O)/C(C)=N\O. The predicted octanol–water partition coefficient (Wildman–Crippen LogP) is 0.823. The quantitative estimate of drug-likeness (QED) is 0.107. The molecule has 2 amide bonds. The topological polar surface area (TPSA) is 157 Å². The Morgan fingerprint density at radius 1 is 0.969 bits per heavy atom. The van der Waals surface area contributed by atoms with Crippen LogP contribution in [0.3, 0.4) is 0 Å². The molecule has 0 heterocycles. The Kier molecular flexibility index (Phi) is 14.7.